The number of amides is 1. The number of carbonyl (C=O) groups excluding carboxylic acids is 1. The van der Waals surface area contributed by atoms with E-state index < -0.39 is 34.0 Å². The maximum Gasteiger partial charge on any atom is 0.417 e. The number of primary amides is 1. The van der Waals surface area contributed by atoms with Gasteiger partial charge in [0.05, 0.1) is 10.9 Å². The largest absolute Gasteiger partial charge is 0.417 e. The zero-order chi connectivity index (χ0) is 13.5. The maximum absolute atomic E-state index is 12.8. The SMILES string of the molecule is NC(=O)c1c[nH]c2cccc(C(F)(F)F)c2c1=O. The first-order chi connectivity index (χ1) is 8.32. The molecule has 0 aliphatic heterocycles. The van der Waals surface area contributed by atoms with E-state index in [9.17, 15) is 22.8 Å². The summed E-state index contributed by atoms with van der Waals surface area (Å²) in [5.41, 5.74) is 2.31. The first-order valence-electron chi connectivity index (χ1n) is 4.84. The van der Waals surface area contributed by atoms with Crippen LogP contribution in [0.5, 0.6) is 0 Å². The van der Waals surface area contributed by atoms with E-state index >= 15 is 0 Å². The summed E-state index contributed by atoms with van der Waals surface area (Å²) in [6.45, 7) is 0. The number of halogens is 3. The smallest absolute Gasteiger partial charge is 0.365 e. The molecule has 7 heteroatoms. The quantitative estimate of drug-likeness (QED) is 0.813. The van der Waals surface area contributed by atoms with Crippen molar-refractivity contribution in [3.05, 3.63) is 45.7 Å². The van der Waals surface area contributed by atoms with Crippen LogP contribution in [0.15, 0.2) is 29.2 Å². The van der Waals surface area contributed by atoms with Crippen LogP contribution >= 0.6 is 0 Å². The van der Waals surface area contributed by atoms with E-state index in [1.54, 1.807) is 0 Å². The van der Waals surface area contributed by atoms with Gasteiger partial charge in [0, 0.05) is 11.7 Å². The lowest BCUT2D eigenvalue weighted by Crippen LogP contribution is -2.23. The van der Waals surface area contributed by atoms with Gasteiger partial charge in [-0.15, -0.1) is 0 Å². The molecule has 0 fully saturated rings. The number of nitrogens with two attached hydrogens (primary N) is 1. The summed E-state index contributed by atoms with van der Waals surface area (Å²) >= 11 is 0. The zero-order valence-electron chi connectivity index (χ0n) is 8.84. The molecular formula is C11H7F3N2O2. The number of pyridine rings is 1. The van der Waals surface area contributed by atoms with Crippen LogP contribution in [0.2, 0.25) is 0 Å². The predicted molar refractivity (Wildman–Crippen MR) is 58.1 cm³/mol. The van der Waals surface area contributed by atoms with Crippen LogP contribution in [0.3, 0.4) is 0 Å². The minimum Gasteiger partial charge on any atom is -0.365 e. The second-order valence-corrected chi connectivity index (χ2v) is 3.62. The van der Waals surface area contributed by atoms with Gasteiger partial charge >= 0.3 is 6.18 Å². The number of H-pyrrole nitrogens is 1. The molecule has 4 nitrogen and oxygen atoms in total. The molecule has 1 aromatic heterocycles. The molecule has 2 rings (SSSR count). The number of aromatic amines is 1. The number of hydrogen-bond donors (Lipinski definition) is 2. The fourth-order valence-corrected chi connectivity index (χ4v) is 1.69. The van der Waals surface area contributed by atoms with E-state index in [-0.39, 0.29) is 5.52 Å². The molecular weight excluding hydrogens is 249 g/mol. The number of carbonyl (C=O) groups is 1. The molecule has 1 heterocycles. The fourth-order valence-electron chi connectivity index (χ4n) is 1.69. The summed E-state index contributed by atoms with van der Waals surface area (Å²) in [5.74, 6) is -1.07. The Morgan fingerprint density at radius 2 is 1.94 bits per heavy atom. The Bertz CT molecular complexity index is 689. The minimum absolute atomic E-state index is 0.000162. The number of fused-ring (bicyclic) bond motifs is 1. The Morgan fingerprint density at radius 3 is 2.50 bits per heavy atom. The van der Waals surface area contributed by atoms with Crippen molar-refractivity contribution >= 4 is 16.8 Å². The van der Waals surface area contributed by atoms with Gasteiger partial charge in [0.2, 0.25) is 5.43 Å². The maximum atomic E-state index is 12.8. The predicted octanol–water partition coefficient (Wildman–Crippen LogP) is 1.65. The van der Waals surface area contributed by atoms with Gasteiger partial charge in [-0.3, -0.25) is 9.59 Å². The molecule has 0 bridgehead atoms. The minimum atomic E-state index is -4.68. The first-order valence-corrected chi connectivity index (χ1v) is 4.84. The van der Waals surface area contributed by atoms with Crippen LogP contribution in [0, 0.1) is 0 Å². The van der Waals surface area contributed by atoms with Gasteiger partial charge in [0.15, 0.2) is 0 Å². The molecule has 1 aromatic carbocycles. The summed E-state index contributed by atoms with van der Waals surface area (Å²) in [4.78, 5) is 25.2. The van der Waals surface area contributed by atoms with Crippen molar-refractivity contribution in [3.8, 4) is 0 Å². The van der Waals surface area contributed by atoms with Gasteiger partial charge < -0.3 is 10.7 Å². The Morgan fingerprint density at radius 1 is 1.28 bits per heavy atom. The molecule has 94 valence electrons. The van der Waals surface area contributed by atoms with E-state index in [4.69, 9.17) is 5.73 Å². The molecule has 2 aromatic rings. The van der Waals surface area contributed by atoms with E-state index in [1.807, 2.05) is 0 Å². The van der Waals surface area contributed by atoms with E-state index in [0.717, 1.165) is 12.3 Å². The average Bonchev–Trinajstić information content (AvgIpc) is 2.27. The number of benzene rings is 1. The van der Waals surface area contributed by atoms with Crippen LogP contribution in [-0.2, 0) is 6.18 Å². The van der Waals surface area contributed by atoms with E-state index in [1.165, 1.54) is 12.1 Å². The van der Waals surface area contributed by atoms with Gasteiger partial charge in [-0.05, 0) is 12.1 Å². The molecule has 1 amide bonds. The summed E-state index contributed by atoms with van der Waals surface area (Å²) in [7, 11) is 0. The highest BCUT2D eigenvalue weighted by Crippen LogP contribution is 2.32. The summed E-state index contributed by atoms with van der Waals surface area (Å²) in [6.07, 6.45) is -3.67. The van der Waals surface area contributed by atoms with Gasteiger partial charge in [0.25, 0.3) is 5.91 Å². The van der Waals surface area contributed by atoms with E-state index in [0.29, 0.717) is 0 Å². The average molecular weight is 256 g/mol. The molecule has 0 radical (unpaired) electrons. The molecule has 0 aliphatic carbocycles. The van der Waals surface area contributed by atoms with Crippen molar-refractivity contribution in [2.45, 2.75) is 6.18 Å². The second-order valence-electron chi connectivity index (χ2n) is 3.62. The van der Waals surface area contributed by atoms with Crippen molar-refractivity contribution in [3.63, 3.8) is 0 Å². The van der Waals surface area contributed by atoms with Crippen molar-refractivity contribution in [1.82, 2.24) is 4.98 Å². The lowest BCUT2D eigenvalue weighted by atomic mass is 10.1. The van der Waals surface area contributed by atoms with Crippen LogP contribution in [0.25, 0.3) is 10.9 Å². The number of alkyl halides is 3. The van der Waals surface area contributed by atoms with Crippen molar-refractivity contribution < 1.29 is 18.0 Å². The summed E-state index contributed by atoms with van der Waals surface area (Å²) in [6, 6.07) is 3.27. The van der Waals surface area contributed by atoms with Crippen LogP contribution in [0.4, 0.5) is 13.2 Å². The molecule has 0 aliphatic rings. The van der Waals surface area contributed by atoms with Crippen molar-refractivity contribution in [2.75, 3.05) is 0 Å². The molecule has 0 saturated carbocycles. The van der Waals surface area contributed by atoms with Crippen LogP contribution in [0.1, 0.15) is 15.9 Å². The van der Waals surface area contributed by atoms with Gasteiger partial charge in [-0.25, -0.2) is 0 Å². The third-order valence-corrected chi connectivity index (χ3v) is 2.48. The Hall–Kier alpha value is -2.31. The summed E-state index contributed by atoms with van der Waals surface area (Å²) < 4.78 is 38.3. The second kappa shape index (κ2) is 3.86. The van der Waals surface area contributed by atoms with Crippen molar-refractivity contribution in [2.24, 2.45) is 5.73 Å². The monoisotopic (exact) mass is 256 g/mol. The third kappa shape index (κ3) is 1.83. The van der Waals surface area contributed by atoms with Crippen LogP contribution < -0.4 is 11.2 Å². The molecule has 0 atom stereocenters. The standard InChI is InChI=1S/C11H7F3N2O2/c12-11(13,14)6-2-1-3-7-8(6)9(17)5(4-16-7)10(15)18/h1-4H,(H2,15,18)(H,16,17). The number of rotatable bonds is 1. The number of nitrogens with one attached hydrogen (secondary N) is 1. The highest BCUT2D eigenvalue weighted by Gasteiger charge is 2.33. The first kappa shape index (κ1) is 12.2. The highest BCUT2D eigenvalue weighted by atomic mass is 19.4. The molecule has 0 spiro atoms. The lowest BCUT2D eigenvalue weighted by Gasteiger charge is -2.10. The molecule has 0 unspecified atom stereocenters. The molecule has 0 saturated heterocycles. The Labute approximate surface area is 98.2 Å². The van der Waals surface area contributed by atoms with Gasteiger partial charge in [0.1, 0.15) is 5.56 Å². The molecule has 3 N–H and O–H groups in total. The Balaban J connectivity index is 2.95. The van der Waals surface area contributed by atoms with E-state index in [2.05, 4.69) is 4.98 Å². The highest BCUT2D eigenvalue weighted by molar-refractivity contribution is 5.96. The van der Waals surface area contributed by atoms with Crippen molar-refractivity contribution in [1.29, 1.82) is 0 Å². The molecule has 18 heavy (non-hydrogen) atoms. The third-order valence-electron chi connectivity index (χ3n) is 2.48. The van der Waals surface area contributed by atoms with Crippen LogP contribution in [-0.4, -0.2) is 10.9 Å². The topological polar surface area (TPSA) is 76.0 Å². The zero-order valence-corrected chi connectivity index (χ0v) is 8.84. The normalized spacial score (nSPS) is 11.7. The summed E-state index contributed by atoms with van der Waals surface area (Å²) in [5, 5.41) is -0.582. The number of hydrogen-bond acceptors (Lipinski definition) is 2. The van der Waals surface area contributed by atoms with Gasteiger partial charge in [-0.1, -0.05) is 6.07 Å². The number of aromatic nitrogens is 1. The Kier molecular flexibility index (Phi) is 2.61. The lowest BCUT2D eigenvalue weighted by molar-refractivity contribution is -0.136. The van der Waals surface area contributed by atoms with Gasteiger partial charge in [-0.2, -0.15) is 13.2 Å². The fraction of sp³-hybridized carbons (Fsp3) is 0.0909.